The third kappa shape index (κ3) is 58.7. The van der Waals surface area contributed by atoms with Gasteiger partial charge in [-0.15, -0.1) is 0 Å². The van der Waals surface area contributed by atoms with E-state index in [0.717, 1.165) is 19.8 Å². The van der Waals surface area contributed by atoms with Crippen LogP contribution >= 0.6 is 0 Å². The highest BCUT2D eigenvalue weighted by Crippen LogP contribution is 2.10. The Morgan fingerprint density at radius 3 is 1.42 bits per heavy atom. The van der Waals surface area contributed by atoms with Crippen LogP contribution in [0.25, 0.3) is 0 Å². The zero-order valence-electron chi connectivity index (χ0n) is 15.0. The van der Waals surface area contributed by atoms with Crippen molar-refractivity contribution in [1.29, 1.82) is 5.41 Å². The lowest BCUT2D eigenvalue weighted by molar-refractivity contribution is -0.134. The van der Waals surface area contributed by atoms with Gasteiger partial charge in [0, 0.05) is 6.92 Å². The van der Waals surface area contributed by atoms with Gasteiger partial charge < -0.3 is 16.6 Å². The molecule has 0 saturated heterocycles. The van der Waals surface area contributed by atoms with Crippen LogP contribution in [0.4, 0.5) is 0 Å². The fourth-order valence-electron chi connectivity index (χ4n) is 1.77. The highest BCUT2D eigenvalue weighted by molar-refractivity contribution is 7.85. The third-order valence-electron chi connectivity index (χ3n) is 2.76. The first-order chi connectivity index (χ1) is 11.0. The quantitative estimate of drug-likeness (QED) is 0.161. The van der Waals surface area contributed by atoms with E-state index in [0.29, 0.717) is 6.42 Å². The summed E-state index contributed by atoms with van der Waals surface area (Å²) in [6.45, 7) is 3.30. The summed E-state index contributed by atoms with van der Waals surface area (Å²) < 4.78 is 29.4. The van der Waals surface area contributed by atoms with Gasteiger partial charge in [-0.1, -0.05) is 64.7 Å². The molecule has 24 heavy (non-hydrogen) atoms. The van der Waals surface area contributed by atoms with Gasteiger partial charge in [0.25, 0.3) is 16.1 Å². The molecule has 7 N–H and O–H groups in total. The Morgan fingerprint density at radius 1 is 0.917 bits per heavy atom. The fraction of sp³-hybridized carbons (Fsp3) is 0.867. The number of nitrogens with two attached hydrogens (primary N) is 2. The van der Waals surface area contributed by atoms with E-state index in [9.17, 15) is 8.42 Å². The molecule has 0 aromatic heterocycles. The number of carboxylic acid groups (broad SMARTS) is 1. The average Bonchev–Trinajstić information content (AvgIpc) is 2.38. The smallest absolute Gasteiger partial charge is 0.300 e. The number of nitrogens with one attached hydrogen (secondary N) is 1. The van der Waals surface area contributed by atoms with E-state index in [1.807, 2.05) is 0 Å². The Kier molecular flexibility index (Phi) is 22.6. The Bertz CT molecular complexity index is 380. The van der Waals surface area contributed by atoms with E-state index in [4.69, 9.17) is 19.9 Å². The summed E-state index contributed by atoms with van der Waals surface area (Å²) in [6.07, 6.45) is 11.7. The van der Waals surface area contributed by atoms with Crippen LogP contribution in [0.1, 0.15) is 78.1 Å². The second-order valence-electron chi connectivity index (χ2n) is 5.44. The Morgan fingerprint density at radius 2 is 1.17 bits per heavy atom. The van der Waals surface area contributed by atoms with Gasteiger partial charge in [0.2, 0.25) is 0 Å². The van der Waals surface area contributed by atoms with Crippen molar-refractivity contribution >= 4 is 22.0 Å². The molecule has 146 valence electrons. The molecule has 8 nitrogen and oxygen atoms in total. The molecule has 9 heteroatoms. The van der Waals surface area contributed by atoms with E-state index >= 15 is 0 Å². The molecule has 0 aliphatic heterocycles. The van der Waals surface area contributed by atoms with Crippen molar-refractivity contribution in [3.63, 3.8) is 0 Å². The van der Waals surface area contributed by atoms with Gasteiger partial charge in [0.05, 0.1) is 5.75 Å². The van der Waals surface area contributed by atoms with Gasteiger partial charge in [-0.3, -0.25) is 14.8 Å². The minimum atomic E-state index is -3.73. The first-order valence-electron chi connectivity index (χ1n) is 8.27. The molecule has 0 unspecified atom stereocenters. The summed E-state index contributed by atoms with van der Waals surface area (Å²) in [7, 11) is -3.73. The molecule has 0 aromatic rings. The molecule has 0 amide bonds. The van der Waals surface area contributed by atoms with E-state index in [1.54, 1.807) is 0 Å². The highest BCUT2D eigenvalue weighted by atomic mass is 32.2. The molecule has 0 rings (SSSR count). The summed E-state index contributed by atoms with van der Waals surface area (Å²) >= 11 is 0. The van der Waals surface area contributed by atoms with Crippen molar-refractivity contribution in [2.45, 2.75) is 78.1 Å². The first-order valence-corrected chi connectivity index (χ1v) is 9.88. The number of hydrogen-bond donors (Lipinski definition) is 5. The number of guanidine groups is 1. The van der Waals surface area contributed by atoms with Crippen LogP contribution in [-0.4, -0.2) is 35.8 Å². The maximum absolute atomic E-state index is 10.4. The summed E-state index contributed by atoms with van der Waals surface area (Å²) in [5, 5.41) is 13.5. The number of rotatable bonds is 11. The van der Waals surface area contributed by atoms with Crippen LogP contribution in [0.3, 0.4) is 0 Å². The summed E-state index contributed by atoms with van der Waals surface area (Å²) in [5.74, 6) is -1.25. The number of unbranched alkanes of at least 4 members (excludes halogenated alkanes) is 9. The SMILES string of the molecule is CC(=O)O.CCCCCCCCCCCCS(=O)(=O)O.N=C(N)N. The fourth-order valence-corrected chi connectivity index (χ4v) is 2.34. The largest absolute Gasteiger partial charge is 0.481 e. The van der Waals surface area contributed by atoms with Crippen LogP contribution in [0.15, 0.2) is 0 Å². The molecule has 0 heterocycles. The van der Waals surface area contributed by atoms with Gasteiger partial charge in [-0.25, -0.2) is 0 Å². The van der Waals surface area contributed by atoms with Gasteiger partial charge in [0.1, 0.15) is 0 Å². The second kappa shape index (κ2) is 19.7. The van der Waals surface area contributed by atoms with Crippen LogP contribution in [0, 0.1) is 5.41 Å². The highest BCUT2D eigenvalue weighted by Gasteiger charge is 2.02. The lowest BCUT2D eigenvalue weighted by Gasteiger charge is -2.01. The van der Waals surface area contributed by atoms with E-state index in [1.165, 1.54) is 44.9 Å². The molecular formula is C15H35N3O5S. The normalized spacial score (nSPS) is 9.96. The molecular weight excluding hydrogens is 334 g/mol. The minimum absolute atomic E-state index is 0.0799. The summed E-state index contributed by atoms with van der Waals surface area (Å²) in [5.41, 5.74) is 8.94. The van der Waals surface area contributed by atoms with Crippen molar-refractivity contribution < 1.29 is 22.9 Å². The maximum Gasteiger partial charge on any atom is 0.300 e. The maximum atomic E-state index is 10.4. The number of carbonyl (C=O) groups is 1. The van der Waals surface area contributed by atoms with Crippen LogP contribution in [-0.2, 0) is 14.9 Å². The van der Waals surface area contributed by atoms with Gasteiger partial charge in [0.15, 0.2) is 5.96 Å². The minimum Gasteiger partial charge on any atom is -0.481 e. The molecule has 0 atom stereocenters. The predicted octanol–water partition coefficient (Wildman–Crippen LogP) is 2.72. The van der Waals surface area contributed by atoms with Crippen molar-refractivity contribution in [2.75, 3.05) is 5.75 Å². The van der Waals surface area contributed by atoms with Crippen molar-refractivity contribution in [3.8, 4) is 0 Å². The van der Waals surface area contributed by atoms with Crippen LogP contribution in [0.2, 0.25) is 0 Å². The lowest BCUT2D eigenvalue weighted by Crippen LogP contribution is -2.20. The Labute approximate surface area is 146 Å². The zero-order valence-corrected chi connectivity index (χ0v) is 15.8. The molecule has 0 aromatic carbocycles. The standard InChI is InChI=1S/C12H26O3S.C2H4O2.CH5N3/c1-2-3-4-5-6-7-8-9-10-11-12-16(13,14)15;1-2(3)4;2-1(3)4/h2-12H2,1H3,(H,13,14,15);1H3,(H,3,4);(H5,2,3,4). The Hall–Kier alpha value is -1.35. The van der Waals surface area contributed by atoms with Gasteiger partial charge in [-0.2, -0.15) is 8.42 Å². The third-order valence-corrected chi connectivity index (χ3v) is 3.56. The topological polar surface area (TPSA) is 168 Å². The molecule has 0 spiro atoms. The number of carboxylic acids is 1. The summed E-state index contributed by atoms with van der Waals surface area (Å²) in [6, 6.07) is 0. The van der Waals surface area contributed by atoms with Crippen molar-refractivity contribution in [2.24, 2.45) is 11.5 Å². The first kappa shape index (κ1) is 27.5. The van der Waals surface area contributed by atoms with Gasteiger partial charge >= 0.3 is 0 Å². The van der Waals surface area contributed by atoms with Crippen LogP contribution < -0.4 is 11.5 Å². The average molecular weight is 370 g/mol. The Balaban J connectivity index is -0.000000457. The van der Waals surface area contributed by atoms with E-state index < -0.39 is 16.1 Å². The monoisotopic (exact) mass is 369 g/mol. The molecule has 0 saturated carbocycles. The molecule has 0 bridgehead atoms. The van der Waals surface area contributed by atoms with E-state index in [2.05, 4.69) is 18.4 Å². The van der Waals surface area contributed by atoms with Gasteiger partial charge in [-0.05, 0) is 6.42 Å². The van der Waals surface area contributed by atoms with Crippen molar-refractivity contribution in [1.82, 2.24) is 0 Å². The lowest BCUT2D eigenvalue weighted by atomic mass is 10.1. The van der Waals surface area contributed by atoms with E-state index in [-0.39, 0.29) is 11.7 Å². The molecule has 0 fully saturated rings. The molecule has 0 aliphatic carbocycles. The summed E-state index contributed by atoms with van der Waals surface area (Å²) in [4.78, 5) is 9.00. The molecule has 0 radical (unpaired) electrons. The molecule has 0 aliphatic rings. The second-order valence-corrected chi connectivity index (χ2v) is 7.01. The van der Waals surface area contributed by atoms with Crippen LogP contribution in [0.5, 0.6) is 0 Å². The predicted molar refractivity (Wildman–Crippen MR) is 97.7 cm³/mol. The van der Waals surface area contributed by atoms with Crippen molar-refractivity contribution in [3.05, 3.63) is 0 Å². The number of aliphatic carboxylic acids is 1. The number of hydrogen-bond acceptors (Lipinski definition) is 4. The zero-order chi connectivity index (χ0) is 19.4.